The highest BCUT2D eigenvalue weighted by molar-refractivity contribution is 5.96. The van der Waals surface area contributed by atoms with E-state index in [9.17, 15) is 9.18 Å². The first-order chi connectivity index (χ1) is 16.2. The molecule has 5 heteroatoms. The molecule has 1 aliphatic heterocycles. The van der Waals surface area contributed by atoms with Gasteiger partial charge in [-0.3, -0.25) is 9.78 Å². The van der Waals surface area contributed by atoms with Gasteiger partial charge in [-0.1, -0.05) is 18.2 Å². The van der Waals surface area contributed by atoms with Crippen LogP contribution < -0.4 is 9.64 Å². The molecule has 0 spiro atoms. The van der Waals surface area contributed by atoms with Crippen molar-refractivity contribution in [3.05, 3.63) is 108 Å². The van der Waals surface area contributed by atoms with Crippen LogP contribution in [-0.4, -0.2) is 17.4 Å². The van der Waals surface area contributed by atoms with E-state index < -0.39 is 0 Å². The summed E-state index contributed by atoms with van der Waals surface area (Å²) in [6, 6.07) is 23.9. The van der Waals surface area contributed by atoms with Crippen LogP contribution in [0.4, 0.5) is 10.1 Å². The van der Waals surface area contributed by atoms with Gasteiger partial charge in [-0.2, -0.15) is 0 Å². The molecule has 4 nitrogen and oxygen atoms in total. The Kier molecular flexibility index (Phi) is 5.85. The fraction of sp³-hybridized carbons (Fsp3) is 0.143. The number of hydrogen-bond donors (Lipinski definition) is 0. The van der Waals surface area contributed by atoms with Gasteiger partial charge in [0.25, 0.3) is 0 Å². The van der Waals surface area contributed by atoms with Gasteiger partial charge in [0.05, 0.1) is 0 Å². The van der Waals surface area contributed by atoms with Crippen LogP contribution in [0.5, 0.6) is 11.5 Å². The van der Waals surface area contributed by atoms with E-state index >= 15 is 0 Å². The SMILES string of the molecule is O=C(CCc1cccc(Oc2ccc(F)cc2)c1)N1CCc2cc(-c3ccncc3)ccc21. The lowest BCUT2D eigenvalue weighted by atomic mass is 10.0. The zero-order valence-corrected chi connectivity index (χ0v) is 18.1. The Hall–Kier alpha value is -3.99. The van der Waals surface area contributed by atoms with Crippen molar-refractivity contribution in [1.29, 1.82) is 0 Å². The van der Waals surface area contributed by atoms with E-state index in [0.29, 0.717) is 30.9 Å². The predicted octanol–water partition coefficient (Wildman–Crippen LogP) is 6.20. The summed E-state index contributed by atoms with van der Waals surface area (Å²) in [5, 5.41) is 0. The van der Waals surface area contributed by atoms with E-state index in [1.807, 2.05) is 47.4 Å². The lowest BCUT2D eigenvalue weighted by Crippen LogP contribution is -2.29. The second-order valence-electron chi connectivity index (χ2n) is 8.08. The van der Waals surface area contributed by atoms with Crippen molar-refractivity contribution in [2.75, 3.05) is 11.4 Å². The molecule has 0 atom stereocenters. The minimum Gasteiger partial charge on any atom is -0.457 e. The van der Waals surface area contributed by atoms with E-state index in [0.717, 1.165) is 28.8 Å². The number of halogens is 1. The molecule has 0 bridgehead atoms. The average molecular weight is 439 g/mol. The maximum atomic E-state index is 13.1. The maximum Gasteiger partial charge on any atom is 0.227 e. The van der Waals surface area contributed by atoms with Gasteiger partial charge in [-0.25, -0.2) is 4.39 Å². The molecule has 0 saturated heterocycles. The van der Waals surface area contributed by atoms with Crippen LogP contribution in [0.3, 0.4) is 0 Å². The molecule has 1 aliphatic rings. The summed E-state index contributed by atoms with van der Waals surface area (Å²) in [5.74, 6) is 1.06. The van der Waals surface area contributed by atoms with Gasteiger partial charge in [0, 0.05) is 31.0 Å². The third-order valence-electron chi connectivity index (χ3n) is 5.87. The van der Waals surface area contributed by atoms with Crippen molar-refractivity contribution in [3.63, 3.8) is 0 Å². The van der Waals surface area contributed by atoms with Crippen LogP contribution in [0.15, 0.2) is 91.3 Å². The van der Waals surface area contributed by atoms with Gasteiger partial charge in [0.2, 0.25) is 5.91 Å². The van der Waals surface area contributed by atoms with Crippen LogP contribution in [-0.2, 0) is 17.6 Å². The van der Waals surface area contributed by atoms with Gasteiger partial charge in [-0.05, 0) is 95.8 Å². The third kappa shape index (κ3) is 4.77. The van der Waals surface area contributed by atoms with Crippen LogP contribution in [0.25, 0.3) is 11.1 Å². The van der Waals surface area contributed by atoms with Crippen LogP contribution in [0.1, 0.15) is 17.5 Å². The second kappa shape index (κ2) is 9.25. The van der Waals surface area contributed by atoms with Gasteiger partial charge >= 0.3 is 0 Å². The number of carbonyl (C=O) groups excluding carboxylic acids is 1. The molecule has 4 aromatic rings. The molecular formula is C28H23FN2O2. The zero-order chi connectivity index (χ0) is 22.6. The van der Waals surface area contributed by atoms with Crippen molar-refractivity contribution in [3.8, 4) is 22.6 Å². The van der Waals surface area contributed by atoms with Crippen LogP contribution in [0, 0.1) is 5.82 Å². The van der Waals surface area contributed by atoms with E-state index in [2.05, 4.69) is 17.1 Å². The second-order valence-corrected chi connectivity index (χ2v) is 8.08. The average Bonchev–Trinajstić information content (AvgIpc) is 3.28. The number of anilines is 1. The summed E-state index contributed by atoms with van der Waals surface area (Å²) < 4.78 is 18.9. The fourth-order valence-electron chi connectivity index (χ4n) is 4.17. The van der Waals surface area contributed by atoms with E-state index in [4.69, 9.17) is 4.74 Å². The molecule has 2 heterocycles. The number of fused-ring (bicyclic) bond motifs is 1. The maximum absolute atomic E-state index is 13.1. The standard InChI is InChI=1S/C28H23FN2O2/c29-24-6-8-25(9-7-24)33-26-3-1-2-20(18-26)4-11-28(32)31-17-14-23-19-22(5-10-27(23)31)21-12-15-30-16-13-21/h1-3,5-10,12-13,15-16,18-19H,4,11,14,17H2. The molecule has 3 aromatic carbocycles. The van der Waals surface area contributed by atoms with Crippen molar-refractivity contribution in [2.45, 2.75) is 19.3 Å². The Morgan fingerprint density at radius 3 is 2.55 bits per heavy atom. The van der Waals surface area contributed by atoms with Gasteiger partial charge in [0.15, 0.2) is 0 Å². The Balaban J connectivity index is 1.23. The molecule has 0 saturated carbocycles. The Labute approximate surface area is 192 Å². The van der Waals surface area contributed by atoms with Gasteiger partial charge in [-0.15, -0.1) is 0 Å². The molecule has 33 heavy (non-hydrogen) atoms. The summed E-state index contributed by atoms with van der Waals surface area (Å²) in [4.78, 5) is 19.0. The quantitative estimate of drug-likeness (QED) is 0.360. The molecule has 0 N–H and O–H groups in total. The normalized spacial score (nSPS) is 12.5. The molecule has 5 rings (SSSR count). The van der Waals surface area contributed by atoms with Crippen molar-refractivity contribution in [2.24, 2.45) is 0 Å². The first-order valence-electron chi connectivity index (χ1n) is 11.0. The highest BCUT2D eigenvalue weighted by atomic mass is 19.1. The zero-order valence-electron chi connectivity index (χ0n) is 18.1. The molecule has 0 radical (unpaired) electrons. The number of aryl methyl sites for hydroxylation is 1. The van der Waals surface area contributed by atoms with Gasteiger partial charge in [0.1, 0.15) is 17.3 Å². The molecule has 1 aromatic heterocycles. The fourth-order valence-corrected chi connectivity index (χ4v) is 4.17. The third-order valence-corrected chi connectivity index (χ3v) is 5.87. The monoisotopic (exact) mass is 438 g/mol. The largest absolute Gasteiger partial charge is 0.457 e. The summed E-state index contributed by atoms with van der Waals surface area (Å²) >= 11 is 0. The topological polar surface area (TPSA) is 42.4 Å². The van der Waals surface area contributed by atoms with Crippen LogP contribution >= 0.6 is 0 Å². The summed E-state index contributed by atoms with van der Waals surface area (Å²) in [7, 11) is 0. The minimum atomic E-state index is -0.299. The van der Waals surface area contributed by atoms with E-state index in [1.165, 1.54) is 17.7 Å². The van der Waals surface area contributed by atoms with E-state index in [-0.39, 0.29) is 11.7 Å². The predicted molar refractivity (Wildman–Crippen MR) is 127 cm³/mol. The highest BCUT2D eigenvalue weighted by Gasteiger charge is 2.24. The first-order valence-corrected chi connectivity index (χ1v) is 11.0. The van der Waals surface area contributed by atoms with Gasteiger partial charge < -0.3 is 9.64 Å². The minimum absolute atomic E-state index is 0.121. The molecular weight excluding hydrogens is 415 g/mol. The molecule has 0 fully saturated rings. The van der Waals surface area contributed by atoms with Crippen molar-refractivity contribution in [1.82, 2.24) is 4.98 Å². The molecule has 0 unspecified atom stereocenters. The molecule has 164 valence electrons. The number of hydrogen-bond acceptors (Lipinski definition) is 3. The van der Waals surface area contributed by atoms with Crippen LogP contribution in [0.2, 0.25) is 0 Å². The van der Waals surface area contributed by atoms with Crippen molar-refractivity contribution < 1.29 is 13.9 Å². The lowest BCUT2D eigenvalue weighted by molar-refractivity contribution is -0.118. The Bertz CT molecular complexity index is 1270. The Morgan fingerprint density at radius 1 is 0.909 bits per heavy atom. The number of ether oxygens (including phenoxy) is 1. The Morgan fingerprint density at radius 2 is 1.73 bits per heavy atom. The smallest absolute Gasteiger partial charge is 0.227 e. The number of benzene rings is 3. The highest BCUT2D eigenvalue weighted by Crippen LogP contribution is 2.33. The van der Waals surface area contributed by atoms with E-state index in [1.54, 1.807) is 24.5 Å². The number of carbonyl (C=O) groups is 1. The number of rotatable bonds is 6. The van der Waals surface area contributed by atoms with Crippen molar-refractivity contribution >= 4 is 11.6 Å². The molecule has 0 aliphatic carbocycles. The summed E-state index contributed by atoms with van der Waals surface area (Å²) in [6.45, 7) is 0.710. The number of pyridine rings is 1. The number of aromatic nitrogens is 1. The lowest BCUT2D eigenvalue weighted by Gasteiger charge is -2.18. The first kappa shape index (κ1) is 20.9. The summed E-state index contributed by atoms with van der Waals surface area (Å²) in [6.07, 6.45) is 5.49. The molecule has 1 amide bonds. The summed E-state index contributed by atoms with van der Waals surface area (Å²) in [5.41, 5.74) is 5.50. The number of nitrogens with zero attached hydrogens (tertiary/aromatic N) is 2. The number of amides is 1.